The molecule has 0 saturated carbocycles. The zero-order chi connectivity index (χ0) is 19.1. The molecule has 0 aliphatic carbocycles. The third kappa shape index (κ3) is 3.03. The Balaban J connectivity index is 1.63. The summed E-state index contributed by atoms with van der Waals surface area (Å²) in [6, 6.07) is 9.19. The van der Waals surface area contributed by atoms with Crippen LogP contribution in [0.15, 0.2) is 36.4 Å². The average Bonchev–Trinajstić information content (AvgIpc) is 3.23. The van der Waals surface area contributed by atoms with Gasteiger partial charge >= 0.3 is 0 Å². The van der Waals surface area contributed by atoms with Crippen molar-refractivity contribution in [2.75, 3.05) is 25.5 Å². The molecule has 2 amide bonds. The summed E-state index contributed by atoms with van der Waals surface area (Å²) < 4.78 is 32.8. The molecule has 2 heterocycles. The van der Waals surface area contributed by atoms with Crippen molar-refractivity contribution in [2.24, 2.45) is 5.92 Å². The number of ether oxygens (including phenoxy) is 1. The van der Waals surface area contributed by atoms with E-state index in [-0.39, 0.29) is 17.5 Å². The van der Waals surface area contributed by atoms with Crippen LogP contribution < -0.4 is 10.1 Å². The van der Waals surface area contributed by atoms with Gasteiger partial charge in [0.1, 0.15) is 11.7 Å². The number of likely N-dealkylation sites (N-methyl/N-ethyl adjacent to an activating group) is 1. The molecular formula is C20H18F2N2O3. The third-order valence-corrected chi connectivity index (χ3v) is 5.15. The van der Waals surface area contributed by atoms with E-state index in [1.54, 1.807) is 7.05 Å². The van der Waals surface area contributed by atoms with Gasteiger partial charge < -0.3 is 15.0 Å². The number of anilines is 1. The van der Waals surface area contributed by atoms with Gasteiger partial charge in [0.2, 0.25) is 11.8 Å². The van der Waals surface area contributed by atoms with Crippen LogP contribution in [0, 0.1) is 17.6 Å². The second-order valence-corrected chi connectivity index (χ2v) is 6.86. The normalized spacial score (nSPS) is 21.1. The zero-order valence-electron chi connectivity index (χ0n) is 14.7. The summed E-state index contributed by atoms with van der Waals surface area (Å²) in [6.07, 6.45) is 0.783. The van der Waals surface area contributed by atoms with Crippen LogP contribution >= 0.6 is 0 Å². The van der Waals surface area contributed by atoms with Crippen LogP contribution in [0.2, 0.25) is 0 Å². The van der Waals surface area contributed by atoms with E-state index in [4.69, 9.17) is 4.74 Å². The molecule has 7 heteroatoms. The highest BCUT2D eigenvalue weighted by molar-refractivity contribution is 6.08. The van der Waals surface area contributed by atoms with Crippen molar-refractivity contribution < 1.29 is 23.1 Å². The molecule has 0 aromatic heterocycles. The van der Waals surface area contributed by atoms with Crippen LogP contribution in [0.3, 0.4) is 0 Å². The number of carbonyl (C=O) groups excluding carboxylic acids is 2. The topological polar surface area (TPSA) is 58.6 Å². The number of halogens is 2. The molecule has 1 fully saturated rings. The number of nitrogens with one attached hydrogen (secondary N) is 1. The SMILES string of the molecule is CN1C[C@H](c2ccc3c(c2)CCO3)[C@@H](C(=O)Nc2cccc(F)c2F)C1=O. The molecule has 2 aromatic rings. The number of likely N-dealkylation sites (tertiary alicyclic amines) is 1. The van der Waals surface area contributed by atoms with Gasteiger partial charge in [-0.25, -0.2) is 8.78 Å². The van der Waals surface area contributed by atoms with Gasteiger partial charge in [0.05, 0.1) is 12.3 Å². The first-order chi connectivity index (χ1) is 13.0. The van der Waals surface area contributed by atoms with Crippen LogP contribution in [-0.2, 0) is 16.0 Å². The van der Waals surface area contributed by atoms with Crippen molar-refractivity contribution >= 4 is 17.5 Å². The quantitative estimate of drug-likeness (QED) is 0.843. The lowest BCUT2D eigenvalue weighted by molar-refractivity contribution is -0.135. The fourth-order valence-corrected chi connectivity index (χ4v) is 3.74. The molecule has 1 N–H and O–H groups in total. The van der Waals surface area contributed by atoms with E-state index in [9.17, 15) is 18.4 Å². The van der Waals surface area contributed by atoms with E-state index in [1.165, 1.54) is 17.0 Å². The number of benzene rings is 2. The van der Waals surface area contributed by atoms with Crippen LogP contribution in [0.4, 0.5) is 14.5 Å². The highest BCUT2D eigenvalue weighted by atomic mass is 19.2. The van der Waals surface area contributed by atoms with Crippen molar-refractivity contribution in [3.8, 4) is 5.75 Å². The second-order valence-electron chi connectivity index (χ2n) is 6.86. The largest absolute Gasteiger partial charge is 0.493 e. The van der Waals surface area contributed by atoms with E-state index >= 15 is 0 Å². The van der Waals surface area contributed by atoms with Gasteiger partial charge in [-0.2, -0.15) is 0 Å². The highest BCUT2D eigenvalue weighted by Crippen LogP contribution is 2.37. The van der Waals surface area contributed by atoms with Crippen molar-refractivity contribution in [3.05, 3.63) is 59.2 Å². The lowest BCUT2D eigenvalue weighted by Crippen LogP contribution is -2.33. The smallest absolute Gasteiger partial charge is 0.237 e. The Morgan fingerprint density at radius 2 is 2.07 bits per heavy atom. The van der Waals surface area contributed by atoms with E-state index < -0.39 is 23.5 Å². The molecule has 2 aliphatic rings. The second kappa shape index (κ2) is 6.64. The molecule has 0 spiro atoms. The summed E-state index contributed by atoms with van der Waals surface area (Å²) >= 11 is 0. The molecule has 2 atom stereocenters. The van der Waals surface area contributed by atoms with Crippen molar-refractivity contribution in [3.63, 3.8) is 0 Å². The molecule has 0 bridgehead atoms. The number of hydrogen-bond acceptors (Lipinski definition) is 3. The predicted molar refractivity (Wildman–Crippen MR) is 94.5 cm³/mol. The van der Waals surface area contributed by atoms with Gasteiger partial charge in [-0.05, 0) is 29.3 Å². The highest BCUT2D eigenvalue weighted by Gasteiger charge is 2.44. The van der Waals surface area contributed by atoms with E-state index in [1.807, 2.05) is 18.2 Å². The molecule has 2 aliphatic heterocycles. The first-order valence-electron chi connectivity index (χ1n) is 8.71. The number of hydrogen-bond donors (Lipinski definition) is 1. The summed E-state index contributed by atoms with van der Waals surface area (Å²) in [6.45, 7) is 0.993. The van der Waals surface area contributed by atoms with Crippen molar-refractivity contribution in [1.82, 2.24) is 4.90 Å². The predicted octanol–water partition coefficient (Wildman–Crippen LogP) is 2.71. The van der Waals surface area contributed by atoms with Gasteiger partial charge in [-0.3, -0.25) is 9.59 Å². The first-order valence-corrected chi connectivity index (χ1v) is 8.71. The Hall–Kier alpha value is -2.96. The summed E-state index contributed by atoms with van der Waals surface area (Å²) in [5, 5.41) is 2.37. The molecule has 1 saturated heterocycles. The van der Waals surface area contributed by atoms with Gasteiger partial charge in [-0.1, -0.05) is 18.2 Å². The Labute approximate surface area is 154 Å². The van der Waals surface area contributed by atoms with Gasteiger partial charge in [0.15, 0.2) is 11.6 Å². The Kier molecular flexibility index (Phi) is 4.30. The molecule has 140 valence electrons. The Bertz CT molecular complexity index is 931. The fraction of sp³-hybridized carbons (Fsp3) is 0.300. The van der Waals surface area contributed by atoms with E-state index in [0.29, 0.717) is 13.2 Å². The summed E-state index contributed by atoms with van der Waals surface area (Å²) in [4.78, 5) is 26.8. The maximum atomic E-state index is 13.9. The van der Waals surface area contributed by atoms with Crippen LogP contribution in [-0.4, -0.2) is 36.9 Å². The van der Waals surface area contributed by atoms with E-state index in [2.05, 4.69) is 5.32 Å². The Morgan fingerprint density at radius 3 is 2.89 bits per heavy atom. The average molecular weight is 372 g/mol. The minimum Gasteiger partial charge on any atom is -0.493 e. The third-order valence-electron chi connectivity index (χ3n) is 5.15. The lowest BCUT2D eigenvalue weighted by atomic mass is 9.87. The van der Waals surface area contributed by atoms with Crippen LogP contribution in [0.5, 0.6) is 5.75 Å². The van der Waals surface area contributed by atoms with Gasteiger partial charge in [0, 0.05) is 25.9 Å². The molecule has 4 rings (SSSR count). The molecule has 5 nitrogen and oxygen atoms in total. The molecule has 27 heavy (non-hydrogen) atoms. The summed E-state index contributed by atoms with van der Waals surface area (Å²) in [5.41, 5.74) is 1.63. The standard InChI is InChI=1S/C20H18F2N2O3/c1-24-10-13(11-5-6-16-12(9-11)7-8-27-16)17(20(24)26)19(25)23-15-4-2-3-14(21)18(15)22/h2-6,9,13,17H,7-8,10H2,1H3,(H,23,25)/t13-,17+/m1/s1. The summed E-state index contributed by atoms with van der Waals surface area (Å²) in [5.74, 6) is -3.74. The number of fused-ring (bicyclic) bond motifs is 1. The van der Waals surface area contributed by atoms with Crippen LogP contribution in [0.25, 0.3) is 0 Å². The monoisotopic (exact) mass is 372 g/mol. The molecule has 0 radical (unpaired) electrons. The maximum absolute atomic E-state index is 13.9. The minimum atomic E-state index is -1.14. The Morgan fingerprint density at radius 1 is 1.26 bits per heavy atom. The number of amides is 2. The first kappa shape index (κ1) is 17.5. The molecule has 2 aromatic carbocycles. The number of nitrogens with zero attached hydrogens (tertiary/aromatic N) is 1. The number of carbonyl (C=O) groups is 2. The maximum Gasteiger partial charge on any atom is 0.237 e. The van der Waals surface area contributed by atoms with Crippen molar-refractivity contribution in [1.29, 1.82) is 0 Å². The summed E-state index contributed by atoms with van der Waals surface area (Å²) in [7, 11) is 1.63. The van der Waals surface area contributed by atoms with E-state index in [0.717, 1.165) is 29.4 Å². The molecular weight excluding hydrogens is 354 g/mol. The minimum absolute atomic E-state index is 0.275. The van der Waals surface area contributed by atoms with Crippen molar-refractivity contribution in [2.45, 2.75) is 12.3 Å². The van der Waals surface area contributed by atoms with Crippen LogP contribution in [0.1, 0.15) is 17.0 Å². The zero-order valence-corrected chi connectivity index (χ0v) is 14.7. The van der Waals surface area contributed by atoms with Gasteiger partial charge in [-0.15, -0.1) is 0 Å². The van der Waals surface area contributed by atoms with Gasteiger partial charge in [0.25, 0.3) is 0 Å². The molecule has 0 unspecified atom stereocenters. The fourth-order valence-electron chi connectivity index (χ4n) is 3.74. The lowest BCUT2D eigenvalue weighted by Gasteiger charge is -2.18. The number of rotatable bonds is 3.